The maximum Gasteiger partial charge on any atom is 0.306 e. The fourth-order valence-electron chi connectivity index (χ4n) is 4.44. The van der Waals surface area contributed by atoms with Crippen LogP contribution in [0.4, 0.5) is 0 Å². The van der Waals surface area contributed by atoms with Crippen molar-refractivity contribution in [1.29, 1.82) is 0 Å². The highest BCUT2D eigenvalue weighted by atomic mass is 28.4. The normalized spacial score (nSPS) is 27.8. The second-order valence-electron chi connectivity index (χ2n) is 13.4. The van der Waals surface area contributed by atoms with Gasteiger partial charge in [0.1, 0.15) is 6.10 Å². The molecule has 33 heavy (non-hydrogen) atoms. The first-order valence-electron chi connectivity index (χ1n) is 13.2. The van der Waals surface area contributed by atoms with Crippen molar-refractivity contribution in [1.82, 2.24) is 0 Å². The van der Waals surface area contributed by atoms with Crippen LogP contribution < -0.4 is 0 Å². The van der Waals surface area contributed by atoms with E-state index in [-0.39, 0.29) is 46.2 Å². The van der Waals surface area contributed by atoms with Gasteiger partial charge in [-0.25, -0.2) is 0 Å². The van der Waals surface area contributed by atoms with Gasteiger partial charge in [-0.3, -0.25) is 4.79 Å². The van der Waals surface area contributed by atoms with Crippen LogP contribution >= 0.6 is 0 Å². The number of esters is 1. The van der Waals surface area contributed by atoms with Gasteiger partial charge in [-0.15, -0.1) is 0 Å². The second kappa shape index (κ2) is 10.7. The molecule has 1 aliphatic heterocycles. The molecule has 2 bridgehead atoms. The summed E-state index contributed by atoms with van der Waals surface area (Å²) in [5.41, 5.74) is 0. The van der Waals surface area contributed by atoms with E-state index in [1.165, 1.54) is 19.3 Å². The van der Waals surface area contributed by atoms with E-state index in [0.29, 0.717) is 6.42 Å². The van der Waals surface area contributed by atoms with Crippen LogP contribution in [0.3, 0.4) is 0 Å². The summed E-state index contributed by atoms with van der Waals surface area (Å²) in [5.74, 6) is 0.382. The highest BCUT2D eigenvalue weighted by Crippen LogP contribution is 2.47. The number of hydrogen-bond donors (Lipinski definition) is 0. The van der Waals surface area contributed by atoms with Gasteiger partial charge in [0.15, 0.2) is 16.6 Å². The van der Waals surface area contributed by atoms with Crippen LogP contribution in [-0.2, 0) is 18.4 Å². The Labute approximate surface area is 206 Å². The molecule has 0 aromatic rings. The summed E-state index contributed by atoms with van der Waals surface area (Å²) in [5, 5.41) is 0.340. The lowest BCUT2D eigenvalue weighted by Crippen LogP contribution is -2.45. The van der Waals surface area contributed by atoms with E-state index >= 15 is 0 Å². The van der Waals surface area contributed by atoms with Gasteiger partial charge in [-0.1, -0.05) is 79.9 Å². The van der Waals surface area contributed by atoms with Gasteiger partial charge in [0, 0.05) is 18.3 Å². The van der Waals surface area contributed by atoms with E-state index in [4.69, 9.17) is 13.6 Å². The quantitative estimate of drug-likeness (QED) is 0.134. The van der Waals surface area contributed by atoms with Crippen molar-refractivity contribution < 1.29 is 18.4 Å². The summed E-state index contributed by atoms with van der Waals surface area (Å²) in [4.78, 5) is 12.3. The number of ether oxygens (including phenoxy) is 1. The zero-order chi connectivity index (χ0) is 25.2. The lowest BCUT2D eigenvalue weighted by Gasteiger charge is -2.40. The Balaban J connectivity index is 2.20. The van der Waals surface area contributed by atoms with Crippen molar-refractivity contribution in [3.05, 3.63) is 12.2 Å². The number of fused-ring (bicyclic) bond motifs is 2. The molecule has 6 heteroatoms. The molecule has 1 unspecified atom stereocenters. The van der Waals surface area contributed by atoms with E-state index in [9.17, 15) is 4.79 Å². The van der Waals surface area contributed by atoms with Crippen molar-refractivity contribution >= 4 is 22.6 Å². The van der Waals surface area contributed by atoms with E-state index in [1.54, 1.807) is 0 Å². The highest BCUT2D eigenvalue weighted by molar-refractivity contribution is 6.74. The molecule has 0 amide bonds. The third kappa shape index (κ3) is 7.28. The molecular formula is C27H52O4Si2. The molecule has 0 N–H and O–H groups in total. The third-order valence-corrected chi connectivity index (χ3v) is 17.7. The van der Waals surface area contributed by atoms with Crippen LogP contribution in [0.25, 0.3) is 0 Å². The van der Waals surface area contributed by atoms with Crippen molar-refractivity contribution in [2.45, 2.75) is 142 Å². The standard InChI is InChI=1S/C27H52O4Si2/c1-12-13-14-15-20(30-32(8,9)26(2,3)4)16-17-21-22-18-25(28)29-23(21)19-24(22)31-33(10,11)27(5,6)7/h16-17,20-24H,12-15,18-19H2,1-11H3/b17-16+/t20?,21-,22+,23+,24-/m0/s1. The van der Waals surface area contributed by atoms with E-state index < -0.39 is 16.6 Å². The predicted molar refractivity (Wildman–Crippen MR) is 144 cm³/mol. The zero-order valence-corrected chi connectivity index (χ0v) is 25.4. The molecule has 2 fully saturated rings. The number of carbonyl (C=O) groups excluding carboxylic acids is 1. The summed E-state index contributed by atoms with van der Waals surface area (Å²) >= 11 is 0. The lowest BCUT2D eigenvalue weighted by atomic mass is 9.88. The van der Waals surface area contributed by atoms with Gasteiger partial charge in [0.25, 0.3) is 0 Å². The first-order valence-corrected chi connectivity index (χ1v) is 19.0. The molecule has 1 saturated heterocycles. The number of carbonyl (C=O) groups is 1. The zero-order valence-electron chi connectivity index (χ0n) is 23.4. The Hall–Kier alpha value is -0.436. The van der Waals surface area contributed by atoms with Crippen molar-refractivity contribution in [3.63, 3.8) is 0 Å². The topological polar surface area (TPSA) is 44.8 Å². The minimum absolute atomic E-state index is 0.0620. The molecule has 192 valence electrons. The Morgan fingerprint density at radius 1 is 1.03 bits per heavy atom. The molecule has 0 radical (unpaired) electrons. The summed E-state index contributed by atoms with van der Waals surface area (Å²) in [6, 6.07) is 0. The largest absolute Gasteiger partial charge is 0.462 e. The fraction of sp³-hybridized carbons (Fsp3) is 0.889. The Morgan fingerprint density at radius 3 is 2.18 bits per heavy atom. The molecule has 0 aromatic heterocycles. The monoisotopic (exact) mass is 496 g/mol. The smallest absolute Gasteiger partial charge is 0.306 e. The summed E-state index contributed by atoms with van der Waals surface area (Å²) < 4.78 is 19.5. The van der Waals surface area contributed by atoms with Gasteiger partial charge in [0.2, 0.25) is 0 Å². The average molecular weight is 497 g/mol. The maximum atomic E-state index is 12.3. The van der Waals surface area contributed by atoms with E-state index in [1.807, 2.05) is 0 Å². The molecule has 5 atom stereocenters. The van der Waals surface area contributed by atoms with Crippen molar-refractivity contribution in [2.75, 3.05) is 0 Å². The van der Waals surface area contributed by atoms with Gasteiger partial charge in [0.05, 0.1) is 18.6 Å². The SMILES string of the molecule is CCCCCC(/C=C/[C@H]1[C@H]2CC(=O)O[C@@H]1C[C@@H]2O[Si](C)(C)C(C)(C)C)O[Si](C)(C)C(C)(C)C. The lowest BCUT2D eigenvalue weighted by molar-refractivity contribution is -0.156. The average Bonchev–Trinajstić information content (AvgIpc) is 2.83. The van der Waals surface area contributed by atoms with Crippen LogP contribution in [0.5, 0.6) is 0 Å². The number of hydrogen-bond acceptors (Lipinski definition) is 4. The van der Waals surface area contributed by atoms with Crippen LogP contribution in [0.1, 0.15) is 87.0 Å². The van der Waals surface area contributed by atoms with Crippen molar-refractivity contribution in [3.8, 4) is 0 Å². The Bertz CT molecular complexity index is 687. The van der Waals surface area contributed by atoms with Crippen LogP contribution in [0.2, 0.25) is 36.3 Å². The maximum absolute atomic E-state index is 12.3. The van der Waals surface area contributed by atoms with Gasteiger partial charge in [-0.05, 0) is 42.7 Å². The van der Waals surface area contributed by atoms with Crippen LogP contribution in [-0.4, -0.2) is 40.9 Å². The fourth-order valence-corrected chi connectivity index (χ4v) is 7.13. The van der Waals surface area contributed by atoms with Crippen LogP contribution in [0.15, 0.2) is 12.2 Å². The molecule has 2 aliphatic rings. The van der Waals surface area contributed by atoms with Crippen molar-refractivity contribution in [2.24, 2.45) is 11.8 Å². The first kappa shape index (κ1) is 28.8. The number of rotatable bonds is 10. The summed E-state index contributed by atoms with van der Waals surface area (Å²) in [6.07, 6.45) is 10.8. The molecule has 0 spiro atoms. The summed E-state index contributed by atoms with van der Waals surface area (Å²) in [6.45, 7) is 25.3. The second-order valence-corrected chi connectivity index (χ2v) is 22.9. The van der Waals surface area contributed by atoms with Gasteiger partial charge >= 0.3 is 5.97 Å². The molecule has 1 saturated carbocycles. The minimum Gasteiger partial charge on any atom is -0.462 e. The molecule has 1 aliphatic carbocycles. The molecule has 1 heterocycles. The molecule has 0 aromatic carbocycles. The summed E-state index contributed by atoms with van der Waals surface area (Å²) in [7, 11) is -3.78. The third-order valence-electron chi connectivity index (χ3n) is 8.70. The minimum atomic E-state index is -1.91. The van der Waals surface area contributed by atoms with E-state index in [2.05, 4.69) is 86.8 Å². The van der Waals surface area contributed by atoms with Gasteiger partial charge in [-0.2, -0.15) is 0 Å². The first-order chi connectivity index (χ1) is 15.0. The highest BCUT2D eigenvalue weighted by Gasteiger charge is 2.52. The van der Waals surface area contributed by atoms with E-state index in [0.717, 1.165) is 12.8 Å². The molecular weight excluding hydrogens is 444 g/mol. The Morgan fingerprint density at radius 2 is 1.64 bits per heavy atom. The number of unbranched alkanes of at least 4 members (excludes halogenated alkanes) is 2. The predicted octanol–water partition coefficient (Wildman–Crippen LogP) is 7.86. The van der Waals surface area contributed by atoms with Gasteiger partial charge < -0.3 is 13.6 Å². The van der Waals surface area contributed by atoms with Crippen LogP contribution in [0, 0.1) is 11.8 Å². The Kier molecular flexibility index (Phi) is 9.31. The molecule has 2 rings (SSSR count). The molecule has 4 nitrogen and oxygen atoms in total.